The lowest BCUT2D eigenvalue weighted by Gasteiger charge is -2.23. The molecule has 9 nitrogen and oxygen atoms in total. The molecule has 6 rings (SSSR count). The Kier molecular flexibility index (Phi) is 8.58. The molecule has 44 heavy (non-hydrogen) atoms. The quantitative estimate of drug-likeness (QED) is 0.0684. The highest BCUT2D eigenvalue weighted by atomic mass is 32.2. The van der Waals surface area contributed by atoms with Crippen molar-refractivity contribution in [2.45, 2.75) is 49.4 Å². The van der Waals surface area contributed by atoms with E-state index >= 15 is 0 Å². The van der Waals surface area contributed by atoms with Gasteiger partial charge in [-0.25, -0.2) is 0 Å². The maximum absolute atomic E-state index is 13.7. The summed E-state index contributed by atoms with van der Waals surface area (Å²) in [5.41, 5.74) is 3.00. The fourth-order valence-electron chi connectivity index (χ4n) is 5.39. The summed E-state index contributed by atoms with van der Waals surface area (Å²) >= 11 is 2.72. The minimum Gasteiger partial charge on any atom is -0.507 e. The van der Waals surface area contributed by atoms with E-state index in [1.165, 1.54) is 28.0 Å². The molecule has 0 bridgehead atoms. The molecule has 0 spiro atoms. The van der Waals surface area contributed by atoms with Crippen molar-refractivity contribution in [3.8, 4) is 17.2 Å². The average molecular weight is 630 g/mol. The number of aliphatic hydroxyl groups excluding tert-OH is 1. The molecule has 0 saturated carbocycles. The maximum Gasteiger partial charge on any atom is 0.301 e. The average Bonchev–Trinajstić information content (AvgIpc) is 3.72. The van der Waals surface area contributed by atoms with Gasteiger partial charge < -0.3 is 19.3 Å². The lowest BCUT2D eigenvalue weighted by atomic mass is 9.94. The summed E-state index contributed by atoms with van der Waals surface area (Å²) in [6.07, 6.45) is 0.694. The van der Waals surface area contributed by atoms with Gasteiger partial charge in [0.15, 0.2) is 15.8 Å². The number of fused-ring (bicyclic) bond motifs is 1. The van der Waals surface area contributed by atoms with Gasteiger partial charge in [0.05, 0.1) is 24.8 Å². The number of benzene rings is 3. The molecule has 2 atom stereocenters. The van der Waals surface area contributed by atoms with Gasteiger partial charge in [0.2, 0.25) is 5.13 Å². The Morgan fingerprint density at radius 1 is 1.02 bits per heavy atom. The van der Waals surface area contributed by atoms with Gasteiger partial charge in [-0.15, -0.1) is 10.2 Å². The van der Waals surface area contributed by atoms with Crippen molar-refractivity contribution >= 4 is 45.7 Å². The van der Waals surface area contributed by atoms with Crippen LogP contribution in [0.25, 0.3) is 5.76 Å². The molecule has 2 aliphatic heterocycles. The molecule has 1 N–H and O–H groups in total. The monoisotopic (exact) mass is 629 g/mol. The smallest absolute Gasteiger partial charge is 0.301 e. The van der Waals surface area contributed by atoms with Crippen LogP contribution in [0.15, 0.2) is 76.6 Å². The number of Topliss-reactive ketones (excluding diaryl/α,β-unsaturated/α-hetero) is 1. The summed E-state index contributed by atoms with van der Waals surface area (Å²) < 4.78 is 18.1. The summed E-state index contributed by atoms with van der Waals surface area (Å²) in [7, 11) is 0. The van der Waals surface area contributed by atoms with Crippen molar-refractivity contribution in [2.75, 3.05) is 18.1 Å². The Balaban J connectivity index is 1.43. The van der Waals surface area contributed by atoms with E-state index in [4.69, 9.17) is 14.2 Å². The van der Waals surface area contributed by atoms with Gasteiger partial charge in [0.25, 0.3) is 5.78 Å². The lowest BCUT2D eigenvalue weighted by Crippen LogP contribution is -2.29. The van der Waals surface area contributed by atoms with Crippen LogP contribution in [-0.2, 0) is 21.8 Å². The number of hydrogen-bond donors (Lipinski definition) is 1. The van der Waals surface area contributed by atoms with Crippen LogP contribution in [0.4, 0.5) is 5.13 Å². The second-order valence-electron chi connectivity index (χ2n) is 10.3. The van der Waals surface area contributed by atoms with Crippen LogP contribution >= 0.6 is 23.1 Å². The Morgan fingerprint density at radius 2 is 1.80 bits per heavy atom. The third-order valence-corrected chi connectivity index (χ3v) is 9.43. The first-order valence-electron chi connectivity index (χ1n) is 14.4. The van der Waals surface area contributed by atoms with Crippen molar-refractivity contribution in [2.24, 2.45) is 0 Å². The molecule has 3 heterocycles. The van der Waals surface area contributed by atoms with E-state index in [1.807, 2.05) is 57.2 Å². The predicted molar refractivity (Wildman–Crippen MR) is 170 cm³/mol. The fraction of sp³-hybridized carbons (Fsp3) is 0.273. The second-order valence-corrected chi connectivity index (χ2v) is 12.5. The molecule has 4 aromatic rings. The Bertz CT molecular complexity index is 1740. The standard InChI is InChI=1S/C33H31N3O6S2/c1-4-40-25-14-11-21(17-26(25)41-5-2)28-27(29(37)22-12-13-24-23(16-22)15-19(3)42-24)30(38)31(39)36(28)32-34-35-33(44-32)43-18-20-9-7-6-8-10-20/h6-14,16-17,19,28,37H,4-5,15,18H2,1-3H3/b29-27+/t19-,28-/m0/s1. The highest BCUT2D eigenvalue weighted by Gasteiger charge is 2.48. The maximum atomic E-state index is 13.7. The van der Waals surface area contributed by atoms with Crippen molar-refractivity contribution < 1.29 is 28.9 Å². The molecule has 1 saturated heterocycles. The number of carbonyl (C=O) groups is 2. The van der Waals surface area contributed by atoms with Gasteiger partial charge in [-0.1, -0.05) is 59.5 Å². The normalized spacial score (nSPS) is 18.8. The highest BCUT2D eigenvalue weighted by Crippen LogP contribution is 2.46. The van der Waals surface area contributed by atoms with Crippen LogP contribution in [0, 0.1) is 0 Å². The molecular weight excluding hydrogens is 599 g/mol. The van der Waals surface area contributed by atoms with Crippen molar-refractivity contribution in [1.29, 1.82) is 0 Å². The summed E-state index contributed by atoms with van der Waals surface area (Å²) in [5, 5.41) is 20.6. The molecule has 226 valence electrons. The Hall–Kier alpha value is -4.35. The lowest BCUT2D eigenvalue weighted by molar-refractivity contribution is -0.132. The minimum atomic E-state index is -0.978. The van der Waals surface area contributed by atoms with Crippen LogP contribution in [0.5, 0.6) is 17.2 Å². The fourth-order valence-corrected chi connectivity index (χ4v) is 7.21. The van der Waals surface area contributed by atoms with Gasteiger partial charge in [0, 0.05) is 17.7 Å². The molecule has 2 aliphatic rings. The van der Waals surface area contributed by atoms with Crippen LogP contribution in [0.3, 0.4) is 0 Å². The summed E-state index contributed by atoms with van der Waals surface area (Å²) in [6, 6.07) is 19.5. The zero-order chi connectivity index (χ0) is 30.8. The van der Waals surface area contributed by atoms with Gasteiger partial charge in [-0.3, -0.25) is 14.5 Å². The molecule has 11 heteroatoms. The number of ketones is 1. The predicted octanol–water partition coefficient (Wildman–Crippen LogP) is 6.58. The Morgan fingerprint density at radius 3 is 2.57 bits per heavy atom. The van der Waals surface area contributed by atoms with E-state index in [-0.39, 0.29) is 22.6 Å². The number of rotatable bonds is 10. The van der Waals surface area contributed by atoms with Gasteiger partial charge >= 0.3 is 5.91 Å². The number of ether oxygens (including phenoxy) is 3. The van der Waals surface area contributed by atoms with Crippen LogP contribution < -0.4 is 19.1 Å². The zero-order valence-electron chi connectivity index (χ0n) is 24.5. The van der Waals surface area contributed by atoms with E-state index in [0.29, 0.717) is 52.4 Å². The topological polar surface area (TPSA) is 111 Å². The van der Waals surface area contributed by atoms with Crippen molar-refractivity contribution in [3.63, 3.8) is 0 Å². The number of carbonyl (C=O) groups excluding carboxylic acids is 2. The number of anilines is 1. The summed E-state index contributed by atoms with van der Waals surface area (Å²) in [5.74, 6) is 0.558. The first kappa shape index (κ1) is 29.7. The molecule has 3 aromatic carbocycles. The third-order valence-electron chi connectivity index (χ3n) is 7.30. The summed E-state index contributed by atoms with van der Waals surface area (Å²) in [6.45, 7) is 6.54. The molecule has 1 fully saturated rings. The molecule has 1 amide bonds. The number of thioether (sulfide) groups is 1. The number of hydrogen-bond acceptors (Lipinski definition) is 10. The number of amides is 1. The highest BCUT2D eigenvalue weighted by molar-refractivity contribution is 8.00. The Labute approximate surface area is 263 Å². The van der Waals surface area contributed by atoms with E-state index in [2.05, 4.69) is 10.2 Å². The molecule has 0 aliphatic carbocycles. The molecular formula is C33H31N3O6S2. The molecule has 1 aromatic heterocycles. The van der Waals surface area contributed by atoms with Crippen molar-refractivity contribution in [1.82, 2.24) is 10.2 Å². The third kappa shape index (κ3) is 5.77. The zero-order valence-corrected chi connectivity index (χ0v) is 26.1. The molecule has 0 radical (unpaired) electrons. The number of nitrogens with zero attached hydrogens (tertiary/aromatic N) is 3. The van der Waals surface area contributed by atoms with Crippen LogP contribution in [-0.4, -0.2) is 46.3 Å². The largest absolute Gasteiger partial charge is 0.507 e. The SMILES string of the molecule is CCOc1ccc([C@H]2/C(=C(\O)c3ccc4c(c3)C[C@H](C)O4)C(=O)C(=O)N2c2nnc(SCc3ccccc3)s2)cc1OCC. The number of aromatic nitrogens is 2. The first-order valence-corrected chi connectivity index (χ1v) is 16.2. The van der Waals surface area contributed by atoms with Crippen LogP contribution in [0.1, 0.15) is 49.1 Å². The number of aliphatic hydroxyl groups is 1. The second kappa shape index (κ2) is 12.7. The van der Waals surface area contributed by atoms with Gasteiger partial charge in [-0.05, 0) is 67.8 Å². The van der Waals surface area contributed by atoms with E-state index in [1.54, 1.807) is 30.3 Å². The van der Waals surface area contributed by atoms with E-state index in [0.717, 1.165) is 16.9 Å². The molecule has 0 unspecified atom stereocenters. The van der Waals surface area contributed by atoms with Crippen LogP contribution in [0.2, 0.25) is 0 Å². The van der Waals surface area contributed by atoms with E-state index < -0.39 is 17.7 Å². The minimum absolute atomic E-state index is 0.0141. The van der Waals surface area contributed by atoms with E-state index in [9.17, 15) is 14.7 Å². The summed E-state index contributed by atoms with van der Waals surface area (Å²) in [4.78, 5) is 28.8. The first-order chi connectivity index (χ1) is 21.4. The van der Waals surface area contributed by atoms with Gasteiger partial charge in [-0.2, -0.15) is 0 Å². The van der Waals surface area contributed by atoms with Crippen molar-refractivity contribution in [3.05, 3.63) is 94.6 Å². The van der Waals surface area contributed by atoms with Gasteiger partial charge in [0.1, 0.15) is 17.6 Å².